The van der Waals surface area contributed by atoms with Gasteiger partial charge < -0.3 is 15.3 Å². The standard InChI is InChI=1S/C19H22N2O3/c1-21(2)17-7-4-6-15(13-17)19(24)20-16-11-9-14(10-12-16)5-3-8-18(22)23/h4,6-7,9-13H,3,5,8H2,1-2H3,(H,20,24)(H,22,23). The summed E-state index contributed by atoms with van der Waals surface area (Å²) in [6.07, 6.45) is 1.49. The molecule has 0 unspecified atom stereocenters. The molecule has 5 heteroatoms. The minimum Gasteiger partial charge on any atom is -0.481 e. The highest BCUT2D eigenvalue weighted by atomic mass is 16.4. The Bertz CT molecular complexity index is 709. The first-order chi connectivity index (χ1) is 11.5. The molecule has 0 heterocycles. The topological polar surface area (TPSA) is 69.6 Å². The zero-order valence-electron chi connectivity index (χ0n) is 14.0. The van der Waals surface area contributed by atoms with E-state index in [2.05, 4.69) is 5.32 Å². The molecule has 2 rings (SSSR count). The van der Waals surface area contributed by atoms with Gasteiger partial charge in [-0.3, -0.25) is 9.59 Å². The van der Waals surface area contributed by atoms with E-state index < -0.39 is 5.97 Å². The molecule has 5 nitrogen and oxygen atoms in total. The fraction of sp³-hybridized carbons (Fsp3) is 0.263. The van der Waals surface area contributed by atoms with Crippen LogP contribution in [0.15, 0.2) is 48.5 Å². The molecule has 0 bridgehead atoms. The van der Waals surface area contributed by atoms with Crippen molar-refractivity contribution < 1.29 is 14.7 Å². The first-order valence-electron chi connectivity index (χ1n) is 7.85. The van der Waals surface area contributed by atoms with Gasteiger partial charge in [0.1, 0.15) is 0 Å². The van der Waals surface area contributed by atoms with Gasteiger partial charge in [-0.05, 0) is 48.7 Å². The monoisotopic (exact) mass is 326 g/mol. The van der Waals surface area contributed by atoms with Gasteiger partial charge in [0.25, 0.3) is 5.91 Å². The number of hydrogen-bond donors (Lipinski definition) is 2. The lowest BCUT2D eigenvalue weighted by Gasteiger charge is -2.13. The van der Waals surface area contributed by atoms with Crippen molar-refractivity contribution in [1.82, 2.24) is 0 Å². The number of aryl methyl sites for hydroxylation is 1. The van der Waals surface area contributed by atoms with Crippen LogP contribution in [-0.2, 0) is 11.2 Å². The number of hydrogen-bond acceptors (Lipinski definition) is 3. The van der Waals surface area contributed by atoms with Crippen LogP contribution in [0.4, 0.5) is 11.4 Å². The van der Waals surface area contributed by atoms with E-state index in [4.69, 9.17) is 5.11 Å². The second-order valence-electron chi connectivity index (χ2n) is 5.84. The summed E-state index contributed by atoms with van der Waals surface area (Å²) in [5, 5.41) is 11.5. The molecule has 0 atom stereocenters. The van der Waals surface area contributed by atoms with Crippen LogP contribution in [0, 0.1) is 0 Å². The third-order valence-electron chi connectivity index (χ3n) is 3.69. The summed E-state index contributed by atoms with van der Waals surface area (Å²) in [6.45, 7) is 0. The number of benzene rings is 2. The Labute approximate surface area is 141 Å². The third-order valence-corrected chi connectivity index (χ3v) is 3.69. The highest BCUT2D eigenvalue weighted by molar-refractivity contribution is 6.04. The number of carboxylic acid groups (broad SMARTS) is 1. The van der Waals surface area contributed by atoms with Crippen LogP contribution in [0.2, 0.25) is 0 Å². The van der Waals surface area contributed by atoms with Crippen LogP contribution in [0.25, 0.3) is 0 Å². The lowest BCUT2D eigenvalue weighted by molar-refractivity contribution is -0.137. The lowest BCUT2D eigenvalue weighted by atomic mass is 10.1. The van der Waals surface area contributed by atoms with E-state index in [0.29, 0.717) is 18.4 Å². The average Bonchev–Trinajstić information content (AvgIpc) is 2.56. The number of rotatable bonds is 7. The molecular formula is C19H22N2O3. The molecule has 24 heavy (non-hydrogen) atoms. The second kappa shape index (κ2) is 8.15. The minimum atomic E-state index is -0.779. The quantitative estimate of drug-likeness (QED) is 0.818. The summed E-state index contributed by atoms with van der Waals surface area (Å²) < 4.78 is 0. The highest BCUT2D eigenvalue weighted by Crippen LogP contribution is 2.16. The van der Waals surface area contributed by atoms with E-state index in [1.165, 1.54) is 0 Å². The third kappa shape index (κ3) is 5.12. The van der Waals surface area contributed by atoms with Gasteiger partial charge in [0, 0.05) is 37.5 Å². The van der Waals surface area contributed by atoms with E-state index in [-0.39, 0.29) is 12.3 Å². The van der Waals surface area contributed by atoms with Crippen LogP contribution < -0.4 is 10.2 Å². The van der Waals surface area contributed by atoms with E-state index in [9.17, 15) is 9.59 Å². The van der Waals surface area contributed by atoms with Crippen molar-refractivity contribution in [2.24, 2.45) is 0 Å². The van der Waals surface area contributed by atoms with Gasteiger partial charge in [0.2, 0.25) is 0 Å². The van der Waals surface area contributed by atoms with Crippen molar-refractivity contribution in [1.29, 1.82) is 0 Å². The van der Waals surface area contributed by atoms with E-state index in [0.717, 1.165) is 16.9 Å². The number of nitrogens with zero attached hydrogens (tertiary/aromatic N) is 1. The van der Waals surface area contributed by atoms with Gasteiger partial charge in [0.05, 0.1) is 0 Å². The molecule has 2 N–H and O–H groups in total. The molecule has 0 radical (unpaired) electrons. The van der Waals surface area contributed by atoms with Crippen molar-refractivity contribution >= 4 is 23.3 Å². The van der Waals surface area contributed by atoms with Gasteiger partial charge in [-0.2, -0.15) is 0 Å². The number of amides is 1. The molecule has 0 saturated heterocycles. The molecule has 126 valence electrons. The van der Waals surface area contributed by atoms with Crippen molar-refractivity contribution in [3.63, 3.8) is 0 Å². The maximum atomic E-state index is 12.3. The Morgan fingerprint density at radius 2 is 1.79 bits per heavy atom. The summed E-state index contributed by atoms with van der Waals surface area (Å²) in [5.74, 6) is -0.934. The van der Waals surface area contributed by atoms with Crippen LogP contribution in [0.5, 0.6) is 0 Å². The fourth-order valence-corrected chi connectivity index (χ4v) is 2.33. The first-order valence-corrected chi connectivity index (χ1v) is 7.85. The molecule has 2 aromatic rings. The number of nitrogens with one attached hydrogen (secondary N) is 1. The van der Waals surface area contributed by atoms with E-state index >= 15 is 0 Å². The van der Waals surface area contributed by atoms with Crippen LogP contribution in [-0.4, -0.2) is 31.1 Å². The SMILES string of the molecule is CN(C)c1cccc(C(=O)Nc2ccc(CCCC(=O)O)cc2)c1. The Morgan fingerprint density at radius 1 is 1.08 bits per heavy atom. The molecule has 0 spiro atoms. The summed E-state index contributed by atoms with van der Waals surface area (Å²) in [4.78, 5) is 24.8. The molecule has 0 aliphatic carbocycles. The first kappa shape index (κ1) is 17.5. The van der Waals surface area contributed by atoms with E-state index in [1.54, 1.807) is 6.07 Å². The van der Waals surface area contributed by atoms with Gasteiger partial charge in [-0.25, -0.2) is 0 Å². The van der Waals surface area contributed by atoms with Gasteiger partial charge in [-0.15, -0.1) is 0 Å². The zero-order valence-corrected chi connectivity index (χ0v) is 14.0. The minimum absolute atomic E-state index is 0.155. The van der Waals surface area contributed by atoms with Crippen molar-refractivity contribution in [2.45, 2.75) is 19.3 Å². The van der Waals surface area contributed by atoms with Crippen LogP contribution in [0.3, 0.4) is 0 Å². The normalized spacial score (nSPS) is 10.2. The summed E-state index contributed by atoms with van der Waals surface area (Å²) >= 11 is 0. The Hall–Kier alpha value is -2.82. The molecule has 0 aliphatic rings. The molecular weight excluding hydrogens is 304 g/mol. The largest absolute Gasteiger partial charge is 0.481 e. The highest BCUT2D eigenvalue weighted by Gasteiger charge is 2.08. The molecule has 0 saturated carbocycles. The number of carboxylic acids is 1. The van der Waals surface area contributed by atoms with Gasteiger partial charge >= 0.3 is 5.97 Å². The van der Waals surface area contributed by atoms with Crippen LogP contribution >= 0.6 is 0 Å². The van der Waals surface area contributed by atoms with Crippen molar-refractivity contribution in [2.75, 3.05) is 24.3 Å². The summed E-state index contributed by atoms with van der Waals surface area (Å²) in [7, 11) is 3.86. The Kier molecular flexibility index (Phi) is 5.95. The Balaban J connectivity index is 1.96. The maximum absolute atomic E-state index is 12.3. The van der Waals surface area contributed by atoms with E-state index in [1.807, 2.05) is 61.5 Å². The predicted octanol–water partition coefficient (Wildman–Crippen LogP) is 3.41. The molecule has 0 aliphatic heterocycles. The number of carbonyl (C=O) groups is 2. The lowest BCUT2D eigenvalue weighted by Crippen LogP contribution is -2.14. The molecule has 0 aromatic heterocycles. The van der Waals surface area contributed by atoms with Crippen molar-refractivity contribution in [3.8, 4) is 0 Å². The fourth-order valence-electron chi connectivity index (χ4n) is 2.33. The zero-order chi connectivity index (χ0) is 17.5. The second-order valence-corrected chi connectivity index (χ2v) is 5.84. The van der Waals surface area contributed by atoms with Gasteiger partial charge in [0.15, 0.2) is 0 Å². The van der Waals surface area contributed by atoms with Crippen molar-refractivity contribution in [3.05, 3.63) is 59.7 Å². The number of aliphatic carboxylic acids is 1. The van der Waals surface area contributed by atoms with Crippen LogP contribution in [0.1, 0.15) is 28.8 Å². The smallest absolute Gasteiger partial charge is 0.303 e. The van der Waals surface area contributed by atoms with Gasteiger partial charge in [-0.1, -0.05) is 18.2 Å². The average molecular weight is 326 g/mol. The number of carbonyl (C=O) groups excluding carboxylic acids is 1. The Morgan fingerprint density at radius 3 is 2.42 bits per heavy atom. The summed E-state index contributed by atoms with van der Waals surface area (Å²) in [6, 6.07) is 14.9. The molecule has 0 fully saturated rings. The number of anilines is 2. The molecule has 1 amide bonds. The maximum Gasteiger partial charge on any atom is 0.303 e. The summed E-state index contributed by atoms with van der Waals surface area (Å²) in [5.41, 5.74) is 3.35. The molecule has 2 aromatic carbocycles. The predicted molar refractivity (Wildman–Crippen MR) is 95.7 cm³/mol.